The number of nitro groups is 1. The number of anilines is 1. The molecule has 6 nitrogen and oxygen atoms in total. The Hall–Kier alpha value is -3.45. The lowest BCUT2D eigenvalue weighted by molar-refractivity contribution is -0.384. The highest BCUT2D eigenvalue weighted by atomic mass is 32.2. The average molecular weight is 406 g/mol. The van der Waals surface area contributed by atoms with E-state index < -0.39 is 10.8 Å². The Balaban J connectivity index is 1.64. The van der Waals surface area contributed by atoms with Gasteiger partial charge >= 0.3 is 0 Å². The summed E-state index contributed by atoms with van der Waals surface area (Å²) >= 11 is 1.38. The van der Waals surface area contributed by atoms with Gasteiger partial charge in [0.2, 0.25) is 0 Å². The lowest BCUT2D eigenvalue weighted by atomic mass is 10.1. The molecule has 0 atom stereocenters. The molecule has 146 valence electrons. The van der Waals surface area contributed by atoms with E-state index in [1.165, 1.54) is 36.0 Å². The summed E-state index contributed by atoms with van der Waals surface area (Å²) in [5.41, 5.74) is 2.37. The molecule has 0 aromatic heterocycles. The maximum absolute atomic E-state index is 12.4. The third kappa shape index (κ3) is 5.52. The molecule has 1 N–H and O–H groups in total. The molecule has 0 fully saturated rings. The van der Waals surface area contributed by atoms with E-state index in [4.69, 9.17) is 0 Å². The number of hydrogen-bond acceptors (Lipinski definition) is 5. The molecule has 0 unspecified atom stereocenters. The Bertz CT molecular complexity index is 1060. The van der Waals surface area contributed by atoms with Crippen molar-refractivity contribution >= 4 is 34.8 Å². The van der Waals surface area contributed by atoms with Crippen LogP contribution >= 0.6 is 11.8 Å². The fourth-order valence-corrected chi connectivity index (χ4v) is 3.45. The minimum absolute atomic E-state index is 0.0287. The molecular formula is C22H18N2O4S. The van der Waals surface area contributed by atoms with E-state index >= 15 is 0 Å². The van der Waals surface area contributed by atoms with E-state index in [1.54, 1.807) is 18.2 Å². The SMILES string of the molecule is Cc1ccc(C(=O)CSc2cccc(NC(=O)c3cccc([N+](=O)[O-])c3)c2)cc1. The van der Waals surface area contributed by atoms with Crippen LogP contribution in [0.4, 0.5) is 11.4 Å². The van der Waals surface area contributed by atoms with Gasteiger partial charge in [0.25, 0.3) is 11.6 Å². The second-order valence-corrected chi connectivity index (χ2v) is 7.42. The van der Waals surface area contributed by atoms with Crippen LogP contribution < -0.4 is 5.32 Å². The molecule has 0 aliphatic rings. The summed E-state index contributed by atoms with van der Waals surface area (Å²) in [6.07, 6.45) is 0. The van der Waals surface area contributed by atoms with E-state index in [2.05, 4.69) is 5.32 Å². The summed E-state index contributed by atoms with van der Waals surface area (Å²) in [5.74, 6) is -0.127. The largest absolute Gasteiger partial charge is 0.322 e. The predicted octanol–water partition coefficient (Wildman–Crippen LogP) is 5.13. The molecule has 0 aliphatic carbocycles. The number of nitrogens with one attached hydrogen (secondary N) is 1. The van der Waals surface area contributed by atoms with Gasteiger partial charge in [-0.2, -0.15) is 0 Å². The van der Waals surface area contributed by atoms with Crippen molar-refractivity contribution in [3.8, 4) is 0 Å². The van der Waals surface area contributed by atoms with Crippen molar-refractivity contribution in [2.75, 3.05) is 11.1 Å². The normalized spacial score (nSPS) is 10.4. The van der Waals surface area contributed by atoms with Gasteiger partial charge in [-0.05, 0) is 31.2 Å². The second-order valence-electron chi connectivity index (χ2n) is 6.37. The van der Waals surface area contributed by atoms with Crippen LogP contribution in [-0.4, -0.2) is 22.4 Å². The molecule has 3 aromatic carbocycles. The molecule has 3 aromatic rings. The van der Waals surface area contributed by atoms with Gasteiger partial charge < -0.3 is 5.32 Å². The van der Waals surface area contributed by atoms with E-state index in [1.807, 2.05) is 37.3 Å². The third-order valence-corrected chi connectivity index (χ3v) is 5.15. The Kier molecular flexibility index (Phi) is 6.41. The number of non-ortho nitro benzene ring substituents is 1. The van der Waals surface area contributed by atoms with Gasteiger partial charge in [0.15, 0.2) is 5.78 Å². The van der Waals surface area contributed by atoms with Crippen LogP contribution in [-0.2, 0) is 0 Å². The van der Waals surface area contributed by atoms with E-state index in [0.717, 1.165) is 10.5 Å². The lowest BCUT2D eigenvalue weighted by Crippen LogP contribution is -2.12. The summed E-state index contributed by atoms with van der Waals surface area (Å²) in [4.78, 5) is 35.9. The minimum Gasteiger partial charge on any atom is -0.322 e. The van der Waals surface area contributed by atoms with Crippen molar-refractivity contribution < 1.29 is 14.5 Å². The quantitative estimate of drug-likeness (QED) is 0.254. The smallest absolute Gasteiger partial charge is 0.270 e. The van der Waals surface area contributed by atoms with Crippen molar-refractivity contribution in [2.45, 2.75) is 11.8 Å². The highest BCUT2D eigenvalue weighted by molar-refractivity contribution is 8.00. The number of nitro benzene ring substituents is 1. The first-order valence-electron chi connectivity index (χ1n) is 8.81. The standard InChI is InChI=1S/C22H18N2O4S/c1-15-8-10-16(11-9-15)21(25)14-29-20-7-3-5-18(13-20)23-22(26)17-4-2-6-19(12-17)24(27)28/h2-13H,14H2,1H3,(H,23,26). The van der Waals surface area contributed by atoms with Crippen molar-refractivity contribution in [3.05, 3.63) is 99.6 Å². The number of carbonyl (C=O) groups is 2. The fraction of sp³-hybridized carbons (Fsp3) is 0.0909. The number of rotatable bonds is 7. The van der Waals surface area contributed by atoms with Crippen LogP contribution in [0.3, 0.4) is 0 Å². The number of nitrogens with zero attached hydrogens (tertiary/aromatic N) is 1. The van der Waals surface area contributed by atoms with Crippen LogP contribution in [0.1, 0.15) is 26.3 Å². The first-order valence-corrected chi connectivity index (χ1v) is 9.79. The van der Waals surface area contributed by atoms with Crippen LogP contribution in [0.2, 0.25) is 0 Å². The van der Waals surface area contributed by atoms with E-state index in [0.29, 0.717) is 11.3 Å². The summed E-state index contributed by atoms with van der Waals surface area (Å²) in [6.45, 7) is 1.97. The number of thioether (sulfide) groups is 1. The molecule has 0 heterocycles. The van der Waals surface area contributed by atoms with Crippen molar-refractivity contribution in [1.29, 1.82) is 0 Å². The van der Waals surface area contributed by atoms with Crippen molar-refractivity contribution in [1.82, 2.24) is 0 Å². The average Bonchev–Trinajstić information content (AvgIpc) is 2.73. The molecule has 0 radical (unpaired) electrons. The summed E-state index contributed by atoms with van der Waals surface area (Å²) in [5, 5.41) is 13.6. The van der Waals surface area contributed by atoms with E-state index in [-0.39, 0.29) is 22.8 Å². The predicted molar refractivity (Wildman–Crippen MR) is 114 cm³/mol. The maximum atomic E-state index is 12.4. The van der Waals surface area contributed by atoms with Crippen molar-refractivity contribution in [3.63, 3.8) is 0 Å². The molecule has 0 saturated heterocycles. The first-order chi connectivity index (χ1) is 13.9. The molecule has 0 saturated carbocycles. The minimum atomic E-state index is -0.543. The molecular weight excluding hydrogens is 388 g/mol. The number of benzene rings is 3. The number of Topliss-reactive ketones (excluding diaryl/α,β-unsaturated/α-hetero) is 1. The summed E-state index contributed by atoms with van der Waals surface area (Å²) < 4.78 is 0. The maximum Gasteiger partial charge on any atom is 0.270 e. The highest BCUT2D eigenvalue weighted by Crippen LogP contribution is 2.23. The second kappa shape index (κ2) is 9.16. The molecule has 29 heavy (non-hydrogen) atoms. The zero-order chi connectivity index (χ0) is 20.8. The van der Waals surface area contributed by atoms with Gasteiger partial charge in [0.1, 0.15) is 0 Å². The topological polar surface area (TPSA) is 89.3 Å². The fourth-order valence-electron chi connectivity index (χ4n) is 2.60. The van der Waals surface area contributed by atoms with Gasteiger partial charge in [-0.1, -0.05) is 42.0 Å². The Labute approximate surface area is 172 Å². The van der Waals surface area contributed by atoms with Gasteiger partial charge in [0, 0.05) is 33.8 Å². The third-order valence-electron chi connectivity index (χ3n) is 4.15. The number of hydrogen-bond donors (Lipinski definition) is 1. The van der Waals surface area contributed by atoms with E-state index in [9.17, 15) is 19.7 Å². The van der Waals surface area contributed by atoms with Gasteiger partial charge in [0.05, 0.1) is 10.7 Å². The molecule has 0 bridgehead atoms. The van der Waals surface area contributed by atoms with Crippen molar-refractivity contribution in [2.24, 2.45) is 0 Å². The zero-order valence-electron chi connectivity index (χ0n) is 15.6. The molecule has 0 spiro atoms. The lowest BCUT2D eigenvalue weighted by Gasteiger charge is -2.08. The number of ketones is 1. The molecule has 7 heteroatoms. The number of carbonyl (C=O) groups excluding carboxylic acids is 2. The van der Waals surface area contributed by atoms with Gasteiger partial charge in [-0.3, -0.25) is 19.7 Å². The number of aryl methyl sites for hydroxylation is 1. The van der Waals surface area contributed by atoms with Crippen LogP contribution in [0, 0.1) is 17.0 Å². The van der Waals surface area contributed by atoms with Gasteiger partial charge in [-0.25, -0.2) is 0 Å². The number of amides is 1. The first kappa shape index (κ1) is 20.3. The Morgan fingerprint density at radius 1 is 0.966 bits per heavy atom. The summed E-state index contributed by atoms with van der Waals surface area (Å²) in [7, 11) is 0. The van der Waals surface area contributed by atoms with Crippen LogP contribution in [0.25, 0.3) is 0 Å². The van der Waals surface area contributed by atoms with Crippen LogP contribution in [0.5, 0.6) is 0 Å². The molecule has 0 aliphatic heterocycles. The molecule has 1 amide bonds. The highest BCUT2D eigenvalue weighted by Gasteiger charge is 2.12. The van der Waals surface area contributed by atoms with Crippen LogP contribution in [0.15, 0.2) is 77.7 Å². The monoisotopic (exact) mass is 406 g/mol. The zero-order valence-corrected chi connectivity index (χ0v) is 16.4. The Morgan fingerprint density at radius 3 is 2.41 bits per heavy atom. The molecule has 3 rings (SSSR count). The van der Waals surface area contributed by atoms with Gasteiger partial charge in [-0.15, -0.1) is 11.8 Å². The Morgan fingerprint density at radius 2 is 1.69 bits per heavy atom. The summed E-state index contributed by atoms with van der Waals surface area (Å²) in [6, 6.07) is 20.1.